The molecule has 1 amide bonds. The minimum absolute atomic E-state index is 0.0643. The predicted molar refractivity (Wildman–Crippen MR) is 135 cm³/mol. The van der Waals surface area contributed by atoms with E-state index in [9.17, 15) is 9.59 Å². The number of hydrogen-bond donors (Lipinski definition) is 5. The molecular formula is C24H47N5O5. The first-order chi connectivity index (χ1) is 15.9. The molecule has 198 valence electrons. The van der Waals surface area contributed by atoms with Crippen LogP contribution in [0.15, 0.2) is 10.3 Å². The molecule has 0 heterocycles. The van der Waals surface area contributed by atoms with E-state index in [4.69, 9.17) is 15.2 Å². The Bertz CT molecular complexity index is 681. The average Bonchev–Trinajstić information content (AvgIpc) is 2.82. The smallest absolute Gasteiger partial charge is 0.220 e. The van der Waals surface area contributed by atoms with Crippen molar-refractivity contribution in [1.29, 1.82) is 0 Å². The Hall–Kier alpha value is -2.04. The van der Waals surface area contributed by atoms with Crippen molar-refractivity contribution in [3.63, 3.8) is 0 Å². The van der Waals surface area contributed by atoms with Gasteiger partial charge in [-0.25, -0.2) is 0 Å². The van der Waals surface area contributed by atoms with E-state index in [0.717, 1.165) is 6.42 Å². The third-order valence-corrected chi connectivity index (χ3v) is 6.07. The summed E-state index contributed by atoms with van der Waals surface area (Å²) in [6.07, 6.45) is 2.43. The fourth-order valence-corrected chi connectivity index (χ4v) is 2.90. The van der Waals surface area contributed by atoms with E-state index in [-0.39, 0.29) is 30.6 Å². The summed E-state index contributed by atoms with van der Waals surface area (Å²) in [6.45, 7) is 15.9. The minimum atomic E-state index is -0.540. The van der Waals surface area contributed by atoms with Gasteiger partial charge in [0.1, 0.15) is 5.78 Å². The van der Waals surface area contributed by atoms with Crippen LogP contribution in [0, 0.1) is 5.41 Å². The van der Waals surface area contributed by atoms with Crippen molar-refractivity contribution in [3.8, 4) is 0 Å². The van der Waals surface area contributed by atoms with Crippen LogP contribution in [0.2, 0.25) is 0 Å². The number of carbonyl (C=O) groups is 2. The van der Waals surface area contributed by atoms with Gasteiger partial charge in [0, 0.05) is 63.6 Å². The van der Waals surface area contributed by atoms with Gasteiger partial charge in [-0.05, 0) is 47.5 Å². The minimum Gasteiger partial charge on any atom is -0.411 e. The molecule has 2 unspecified atom stereocenters. The Morgan fingerprint density at radius 1 is 0.971 bits per heavy atom. The molecule has 0 aliphatic heterocycles. The van der Waals surface area contributed by atoms with Crippen molar-refractivity contribution < 1.29 is 24.7 Å². The summed E-state index contributed by atoms with van der Waals surface area (Å²) in [4.78, 5) is 24.5. The Morgan fingerprint density at radius 3 is 2.24 bits per heavy atom. The number of oxime groups is 2. The molecule has 0 rings (SSSR count). The number of nitrogens with one attached hydrogen (secondary N) is 3. The first-order valence-corrected chi connectivity index (χ1v) is 12.1. The largest absolute Gasteiger partial charge is 0.411 e. The van der Waals surface area contributed by atoms with E-state index < -0.39 is 11.0 Å². The van der Waals surface area contributed by atoms with Gasteiger partial charge in [0.05, 0.1) is 17.0 Å². The summed E-state index contributed by atoms with van der Waals surface area (Å²) in [5.41, 5.74) is 0.151. The van der Waals surface area contributed by atoms with Crippen LogP contribution in [-0.4, -0.2) is 78.0 Å². The fourth-order valence-electron chi connectivity index (χ4n) is 2.90. The van der Waals surface area contributed by atoms with Gasteiger partial charge in [0.2, 0.25) is 5.91 Å². The molecule has 0 radical (unpaired) electrons. The Morgan fingerprint density at radius 2 is 1.65 bits per heavy atom. The van der Waals surface area contributed by atoms with Crippen LogP contribution < -0.4 is 16.0 Å². The highest BCUT2D eigenvalue weighted by Gasteiger charge is 2.30. The highest BCUT2D eigenvalue weighted by molar-refractivity contribution is 5.90. The maximum atomic E-state index is 12.4. The van der Waals surface area contributed by atoms with Gasteiger partial charge < -0.3 is 31.1 Å². The highest BCUT2D eigenvalue weighted by atomic mass is 16.5. The van der Waals surface area contributed by atoms with Gasteiger partial charge in [-0.15, -0.1) is 0 Å². The first-order valence-electron chi connectivity index (χ1n) is 12.1. The third-order valence-electron chi connectivity index (χ3n) is 6.07. The second-order valence-electron chi connectivity index (χ2n) is 9.85. The van der Waals surface area contributed by atoms with E-state index in [1.165, 1.54) is 0 Å². The van der Waals surface area contributed by atoms with Crippen LogP contribution in [0.1, 0.15) is 80.6 Å². The van der Waals surface area contributed by atoms with E-state index in [1.54, 1.807) is 13.8 Å². The van der Waals surface area contributed by atoms with Gasteiger partial charge in [-0.1, -0.05) is 24.2 Å². The number of carbonyl (C=O) groups excluding carboxylic acids is 2. The molecule has 34 heavy (non-hydrogen) atoms. The topological polar surface area (TPSA) is 145 Å². The zero-order valence-electron chi connectivity index (χ0n) is 22.2. The van der Waals surface area contributed by atoms with Gasteiger partial charge in [0.15, 0.2) is 0 Å². The molecule has 10 nitrogen and oxygen atoms in total. The Labute approximate surface area is 205 Å². The summed E-state index contributed by atoms with van der Waals surface area (Å²) < 4.78 is 5.38. The summed E-state index contributed by atoms with van der Waals surface area (Å²) in [6, 6.07) is -0.146. The van der Waals surface area contributed by atoms with Gasteiger partial charge in [-0.2, -0.15) is 0 Å². The summed E-state index contributed by atoms with van der Waals surface area (Å²) in [7, 11) is 0. The molecule has 10 heteroatoms. The monoisotopic (exact) mass is 485 g/mol. The molecule has 0 saturated heterocycles. The van der Waals surface area contributed by atoms with Crippen LogP contribution in [-0.2, 0) is 14.3 Å². The van der Waals surface area contributed by atoms with Crippen LogP contribution >= 0.6 is 0 Å². The van der Waals surface area contributed by atoms with Gasteiger partial charge in [-0.3, -0.25) is 9.59 Å². The Balaban J connectivity index is 4.84. The van der Waals surface area contributed by atoms with Crippen molar-refractivity contribution in [3.05, 3.63) is 0 Å². The van der Waals surface area contributed by atoms with Crippen molar-refractivity contribution >= 4 is 23.1 Å². The normalized spacial score (nSPS) is 15.6. The fraction of sp³-hybridized carbons (Fsp3) is 0.833. The molecule has 2 atom stereocenters. The van der Waals surface area contributed by atoms with Crippen LogP contribution in [0.3, 0.4) is 0 Å². The van der Waals surface area contributed by atoms with Crippen LogP contribution in [0.5, 0.6) is 0 Å². The van der Waals surface area contributed by atoms with Crippen molar-refractivity contribution in [1.82, 2.24) is 16.0 Å². The lowest BCUT2D eigenvalue weighted by Gasteiger charge is -2.36. The third kappa shape index (κ3) is 13.6. The number of rotatable bonds is 19. The summed E-state index contributed by atoms with van der Waals surface area (Å²) in [5.74, 6) is -0.107. The number of Topliss-reactive ketones (excluding diaryl/α,β-unsaturated/α-hetero) is 1. The second-order valence-corrected chi connectivity index (χ2v) is 9.85. The molecule has 0 aromatic rings. The molecule has 0 spiro atoms. The number of amides is 1. The quantitative estimate of drug-likeness (QED) is 0.0818. The first kappa shape index (κ1) is 32.0. The van der Waals surface area contributed by atoms with E-state index in [2.05, 4.69) is 26.3 Å². The maximum absolute atomic E-state index is 12.4. The molecule has 0 aliphatic carbocycles. The molecule has 5 N–H and O–H groups in total. The zero-order chi connectivity index (χ0) is 26.2. The number of nitrogens with zero attached hydrogens (tertiary/aromatic N) is 2. The lowest BCUT2D eigenvalue weighted by Crippen LogP contribution is -2.55. The Kier molecular flexibility index (Phi) is 15.6. The molecule has 0 aromatic heterocycles. The molecular weight excluding hydrogens is 438 g/mol. The zero-order valence-corrected chi connectivity index (χ0v) is 22.2. The summed E-state index contributed by atoms with van der Waals surface area (Å²) in [5, 5.41) is 34.4. The number of ether oxygens (including phenoxy) is 1. The van der Waals surface area contributed by atoms with E-state index in [1.807, 2.05) is 34.6 Å². The van der Waals surface area contributed by atoms with Crippen molar-refractivity contribution in [2.75, 3.05) is 32.8 Å². The standard InChI is InChI=1S/C24H47N5O5/c1-8-13-34-14-9-10-21(30)11-12-22(31)26-16-24(7,15-25-18(2)19(3)28-32)17-27-23(5,6)20(4)29-33/h18,25,27,32-33H,8-17H2,1-7H3,(H,26,31)/b28-19+,29-20+. The van der Waals surface area contributed by atoms with E-state index in [0.29, 0.717) is 57.1 Å². The van der Waals surface area contributed by atoms with Gasteiger partial charge >= 0.3 is 0 Å². The summed E-state index contributed by atoms with van der Waals surface area (Å²) >= 11 is 0. The highest BCUT2D eigenvalue weighted by Crippen LogP contribution is 2.17. The lowest BCUT2D eigenvalue weighted by atomic mass is 9.87. The van der Waals surface area contributed by atoms with Crippen LogP contribution in [0.4, 0.5) is 0 Å². The number of hydrogen-bond acceptors (Lipinski definition) is 9. The molecule has 0 fully saturated rings. The van der Waals surface area contributed by atoms with Gasteiger partial charge in [0.25, 0.3) is 0 Å². The molecule has 0 aliphatic rings. The van der Waals surface area contributed by atoms with Crippen LogP contribution in [0.25, 0.3) is 0 Å². The maximum Gasteiger partial charge on any atom is 0.220 e. The molecule has 0 aromatic carbocycles. The lowest BCUT2D eigenvalue weighted by molar-refractivity contribution is -0.125. The molecule has 0 saturated carbocycles. The van der Waals surface area contributed by atoms with E-state index >= 15 is 0 Å². The van der Waals surface area contributed by atoms with Crippen molar-refractivity contribution in [2.45, 2.75) is 92.2 Å². The second kappa shape index (κ2) is 16.6. The van der Waals surface area contributed by atoms with Crippen molar-refractivity contribution in [2.24, 2.45) is 15.7 Å². The number of ketones is 1. The molecule has 0 bridgehead atoms. The SMILES string of the molecule is CCCOCCCC(=O)CCC(=O)NCC(C)(CNC(C)/C(C)=N/O)CNC(C)(C)/C(C)=N/O. The predicted octanol–water partition coefficient (Wildman–Crippen LogP) is 2.71. The average molecular weight is 486 g/mol.